The van der Waals surface area contributed by atoms with Crippen LogP contribution >= 0.6 is 0 Å². The van der Waals surface area contributed by atoms with Crippen molar-refractivity contribution < 1.29 is 13.9 Å². The minimum absolute atomic E-state index is 0.282. The van der Waals surface area contributed by atoms with Crippen molar-refractivity contribution in [2.75, 3.05) is 13.1 Å². The molecule has 2 heterocycles. The molecule has 29 heavy (non-hydrogen) atoms. The summed E-state index contributed by atoms with van der Waals surface area (Å²) in [6.45, 7) is 2.38. The third kappa shape index (κ3) is 4.71. The molecule has 0 unspecified atom stereocenters. The van der Waals surface area contributed by atoms with Gasteiger partial charge < -0.3 is 5.11 Å². The smallest absolute Gasteiger partial charge is 0.135 e. The molecule has 2 N–H and O–H groups in total. The van der Waals surface area contributed by atoms with Crippen molar-refractivity contribution in [3.8, 4) is 11.3 Å². The molecule has 0 saturated carbocycles. The molecule has 0 radical (unpaired) electrons. The second kappa shape index (κ2) is 8.84. The molecule has 1 aliphatic heterocycles. The molecule has 1 saturated heterocycles. The van der Waals surface area contributed by atoms with Gasteiger partial charge in [-0.15, -0.1) is 0 Å². The topological polar surface area (TPSA) is 52.1 Å². The fourth-order valence-corrected chi connectivity index (χ4v) is 4.12. The Balaban J connectivity index is 1.35. The Hall–Kier alpha value is -2.57. The molecular weight excluding hydrogens is 372 g/mol. The summed E-state index contributed by atoms with van der Waals surface area (Å²) in [4.78, 5) is 2.29. The number of aromatic amines is 1. The number of aromatic nitrogens is 2. The predicted molar refractivity (Wildman–Crippen MR) is 108 cm³/mol. The Morgan fingerprint density at radius 2 is 1.86 bits per heavy atom. The molecule has 0 aliphatic carbocycles. The molecule has 1 fully saturated rings. The number of piperidine rings is 1. The lowest BCUT2D eigenvalue weighted by atomic mass is 9.88. The average Bonchev–Trinajstić information content (AvgIpc) is 3.17. The highest BCUT2D eigenvalue weighted by molar-refractivity contribution is 5.63. The standard InChI is InChI=1S/C23H25F2N3O/c24-19-6-7-20(21(25)13-19)23-18(14-26-27-23)15-28-10-8-17(9-11-28)22(29)12-16-4-2-1-3-5-16/h1-7,13-14,17,22,29H,8-12,15H2,(H,26,27)/t22-/m1/s1. The maximum absolute atomic E-state index is 14.2. The predicted octanol–water partition coefficient (Wildman–Crippen LogP) is 4.17. The summed E-state index contributed by atoms with van der Waals surface area (Å²) in [5.74, 6) is -0.911. The van der Waals surface area contributed by atoms with Gasteiger partial charge in [0.15, 0.2) is 0 Å². The number of hydrogen-bond donors (Lipinski definition) is 2. The summed E-state index contributed by atoms with van der Waals surface area (Å²) in [5, 5.41) is 17.5. The molecule has 6 heteroatoms. The van der Waals surface area contributed by atoms with E-state index < -0.39 is 11.6 Å². The van der Waals surface area contributed by atoms with Gasteiger partial charge in [0.25, 0.3) is 0 Å². The summed E-state index contributed by atoms with van der Waals surface area (Å²) in [6, 6.07) is 13.7. The molecule has 2 aromatic carbocycles. The molecule has 4 rings (SSSR count). The third-order valence-corrected chi connectivity index (χ3v) is 5.78. The summed E-state index contributed by atoms with van der Waals surface area (Å²) in [7, 11) is 0. The summed E-state index contributed by atoms with van der Waals surface area (Å²) in [5.41, 5.74) is 2.96. The van der Waals surface area contributed by atoms with Gasteiger partial charge in [-0.2, -0.15) is 5.10 Å². The van der Waals surface area contributed by atoms with Crippen molar-refractivity contribution in [3.63, 3.8) is 0 Å². The average molecular weight is 397 g/mol. The highest BCUT2D eigenvalue weighted by atomic mass is 19.1. The molecule has 3 aromatic rings. The number of aliphatic hydroxyl groups excluding tert-OH is 1. The third-order valence-electron chi connectivity index (χ3n) is 5.78. The fourth-order valence-electron chi connectivity index (χ4n) is 4.12. The number of H-pyrrole nitrogens is 1. The maximum Gasteiger partial charge on any atom is 0.135 e. The molecule has 152 valence electrons. The van der Waals surface area contributed by atoms with E-state index in [1.54, 1.807) is 6.20 Å². The molecule has 0 spiro atoms. The van der Waals surface area contributed by atoms with Gasteiger partial charge in [0, 0.05) is 23.7 Å². The minimum atomic E-state index is -0.599. The van der Waals surface area contributed by atoms with Gasteiger partial charge in [-0.25, -0.2) is 8.78 Å². The van der Waals surface area contributed by atoms with Crippen LogP contribution in [0, 0.1) is 17.6 Å². The van der Waals surface area contributed by atoms with Crippen molar-refractivity contribution in [3.05, 3.63) is 77.5 Å². The van der Waals surface area contributed by atoms with E-state index in [1.807, 2.05) is 30.3 Å². The quantitative estimate of drug-likeness (QED) is 0.656. The number of hydrogen-bond acceptors (Lipinski definition) is 3. The normalized spacial score (nSPS) is 16.8. The number of rotatable bonds is 6. The summed E-state index contributed by atoms with van der Waals surface area (Å²) < 4.78 is 27.4. The SMILES string of the molecule is O[C@H](Cc1ccccc1)C1CCN(Cc2cn[nH]c2-c2ccc(F)cc2F)CC1. The minimum Gasteiger partial charge on any atom is -0.392 e. The second-order valence-corrected chi connectivity index (χ2v) is 7.77. The number of benzene rings is 2. The van der Waals surface area contributed by atoms with E-state index in [-0.39, 0.29) is 12.0 Å². The van der Waals surface area contributed by atoms with Crippen LogP contribution in [0.5, 0.6) is 0 Å². The van der Waals surface area contributed by atoms with Gasteiger partial charge in [0.1, 0.15) is 11.6 Å². The second-order valence-electron chi connectivity index (χ2n) is 7.77. The number of nitrogens with zero attached hydrogens (tertiary/aromatic N) is 2. The van der Waals surface area contributed by atoms with Gasteiger partial charge in [0.05, 0.1) is 18.0 Å². The zero-order valence-corrected chi connectivity index (χ0v) is 16.2. The maximum atomic E-state index is 14.2. The van der Waals surface area contributed by atoms with Crippen LogP contribution in [0.15, 0.2) is 54.7 Å². The van der Waals surface area contributed by atoms with Crippen LogP contribution in [0.3, 0.4) is 0 Å². The first-order valence-electron chi connectivity index (χ1n) is 10.0. The van der Waals surface area contributed by atoms with Crippen molar-refractivity contribution in [1.82, 2.24) is 15.1 Å². The summed E-state index contributed by atoms with van der Waals surface area (Å²) in [6.07, 6.45) is 3.89. The van der Waals surface area contributed by atoms with E-state index in [1.165, 1.54) is 12.1 Å². The lowest BCUT2D eigenvalue weighted by Crippen LogP contribution is -2.38. The zero-order chi connectivity index (χ0) is 20.2. The van der Waals surface area contributed by atoms with Gasteiger partial charge in [0.2, 0.25) is 0 Å². The molecule has 1 aromatic heterocycles. The fraction of sp³-hybridized carbons (Fsp3) is 0.348. The van der Waals surface area contributed by atoms with Gasteiger partial charge in [-0.1, -0.05) is 30.3 Å². The molecular formula is C23H25F2N3O. The van der Waals surface area contributed by atoms with Crippen LogP contribution in [-0.4, -0.2) is 39.4 Å². The monoisotopic (exact) mass is 397 g/mol. The van der Waals surface area contributed by atoms with E-state index >= 15 is 0 Å². The van der Waals surface area contributed by atoms with Gasteiger partial charge in [-0.3, -0.25) is 10.00 Å². The first-order valence-corrected chi connectivity index (χ1v) is 10.0. The first-order chi connectivity index (χ1) is 14.1. The Morgan fingerprint density at radius 3 is 2.59 bits per heavy atom. The first kappa shape index (κ1) is 19.7. The Bertz CT molecular complexity index is 936. The molecule has 1 aliphatic rings. The van der Waals surface area contributed by atoms with Crippen LogP contribution < -0.4 is 0 Å². The number of aliphatic hydroxyl groups is 1. The van der Waals surface area contributed by atoms with Crippen LogP contribution in [0.4, 0.5) is 8.78 Å². The van der Waals surface area contributed by atoms with Gasteiger partial charge >= 0.3 is 0 Å². The van der Waals surface area contributed by atoms with E-state index in [2.05, 4.69) is 15.1 Å². The lowest BCUT2D eigenvalue weighted by Gasteiger charge is -2.34. The Kier molecular flexibility index (Phi) is 6.02. The zero-order valence-electron chi connectivity index (χ0n) is 16.2. The number of nitrogens with one attached hydrogen (secondary N) is 1. The lowest BCUT2D eigenvalue weighted by molar-refractivity contribution is 0.0577. The van der Waals surface area contributed by atoms with Crippen molar-refractivity contribution in [2.45, 2.75) is 31.9 Å². The molecule has 0 bridgehead atoms. The van der Waals surface area contributed by atoms with Crippen LogP contribution in [-0.2, 0) is 13.0 Å². The van der Waals surface area contributed by atoms with Gasteiger partial charge in [-0.05, 0) is 56.0 Å². The molecule has 1 atom stereocenters. The van der Waals surface area contributed by atoms with Crippen molar-refractivity contribution in [2.24, 2.45) is 5.92 Å². The van der Waals surface area contributed by atoms with E-state index in [0.717, 1.165) is 43.1 Å². The van der Waals surface area contributed by atoms with E-state index in [0.29, 0.717) is 24.2 Å². The molecule has 0 amide bonds. The van der Waals surface area contributed by atoms with Crippen LogP contribution in [0.1, 0.15) is 24.0 Å². The van der Waals surface area contributed by atoms with Crippen LogP contribution in [0.25, 0.3) is 11.3 Å². The number of halogens is 2. The molecule has 4 nitrogen and oxygen atoms in total. The van der Waals surface area contributed by atoms with E-state index in [4.69, 9.17) is 0 Å². The summed E-state index contributed by atoms with van der Waals surface area (Å²) >= 11 is 0. The van der Waals surface area contributed by atoms with Crippen molar-refractivity contribution in [1.29, 1.82) is 0 Å². The highest BCUT2D eigenvalue weighted by Gasteiger charge is 2.26. The van der Waals surface area contributed by atoms with Crippen molar-refractivity contribution >= 4 is 0 Å². The Labute approximate surface area is 169 Å². The highest BCUT2D eigenvalue weighted by Crippen LogP contribution is 2.28. The largest absolute Gasteiger partial charge is 0.392 e. The number of likely N-dealkylation sites (tertiary alicyclic amines) is 1. The van der Waals surface area contributed by atoms with Crippen LogP contribution in [0.2, 0.25) is 0 Å². The Morgan fingerprint density at radius 1 is 1.10 bits per heavy atom. The van der Waals surface area contributed by atoms with E-state index in [9.17, 15) is 13.9 Å².